The van der Waals surface area contributed by atoms with Crippen molar-refractivity contribution in [1.82, 2.24) is 4.90 Å². The van der Waals surface area contributed by atoms with E-state index in [-0.39, 0.29) is 43.0 Å². The number of halogens is 2. The van der Waals surface area contributed by atoms with Gasteiger partial charge in [0.25, 0.3) is 11.8 Å². The summed E-state index contributed by atoms with van der Waals surface area (Å²) < 4.78 is 25.9. The molecule has 1 heterocycles. The van der Waals surface area contributed by atoms with Gasteiger partial charge < -0.3 is 15.1 Å². The molecule has 0 unspecified atom stereocenters. The summed E-state index contributed by atoms with van der Waals surface area (Å²) in [6.45, 7) is -0.109. The zero-order valence-corrected chi connectivity index (χ0v) is 9.57. The Morgan fingerprint density at radius 1 is 1.22 bits per heavy atom. The number of aromatic hydroxyl groups is 2. The number of nitrogens with zero attached hydrogens (tertiary/aromatic N) is 1. The van der Waals surface area contributed by atoms with Crippen LogP contribution in [0.15, 0.2) is 18.2 Å². The third-order valence-corrected chi connectivity index (χ3v) is 2.99. The van der Waals surface area contributed by atoms with E-state index in [1.165, 1.54) is 17.0 Å². The van der Waals surface area contributed by atoms with Gasteiger partial charge in [-0.25, -0.2) is 8.78 Å². The smallest absolute Gasteiger partial charge is 0.257 e. The molecule has 1 amide bonds. The van der Waals surface area contributed by atoms with Crippen molar-refractivity contribution in [3.05, 3.63) is 23.8 Å². The quantitative estimate of drug-likeness (QED) is 0.756. The molecule has 0 bridgehead atoms. The summed E-state index contributed by atoms with van der Waals surface area (Å²) in [7, 11) is 0. The molecule has 4 nitrogen and oxygen atoms in total. The van der Waals surface area contributed by atoms with Crippen molar-refractivity contribution < 1.29 is 23.8 Å². The molecule has 1 aliphatic rings. The highest BCUT2D eigenvalue weighted by molar-refractivity contribution is 5.97. The lowest BCUT2D eigenvalue weighted by Gasteiger charge is -2.31. The third-order valence-electron chi connectivity index (χ3n) is 2.99. The fraction of sp³-hybridized carbons (Fsp3) is 0.417. The molecule has 2 rings (SSSR count). The number of benzene rings is 1. The van der Waals surface area contributed by atoms with Gasteiger partial charge in [-0.15, -0.1) is 0 Å². The molecule has 0 aliphatic carbocycles. The van der Waals surface area contributed by atoms with Crippen LogP contribution in [0.1, 0.15) is 23.2 Å². The fourth-order valence-electron chi connectivity index (χ4n) is 1.90. The Hall–Kier alpha value is -1.85. The van der Waals surface area contributed by atoms with Crippen molar-refractivity contribution in [2.75, 3.05) is 13.1 Å². The van der Waals surface area contributed by atoms with Crippen LogP contribution in [-0.2, 0) is 0 Å². The molecule has 0 atom stereocenters. The zero-order chi connectivity index (χ0) is 13.3. The summed E-state index contributed by atoms with van der Waals surface area (Å²) >= 11 is 0. The predicted molar refractivity (Wildman–Crippen MR) is 59.9 cm³/mol. The maximum absolute atomic E-state index is 13.0. The van der Waals surface area contributed by atoms with Crippen molar-refractivity contribution in [3.63, 3.8) is 0 Å². The Labute approximate surface area is 102 Å². The van der Waals surface area contributed by atoms with E-state index in [1.54, 1.807) is 0 Å². The van der Waals surface area contributed by atoms with Crippen LogP contribution >= 0.6 is 0 Å². The Morgan fingerprint density at radius 3 is 2.44 bits per heavy atom. The summed E-state index contributed by atoms with van der Waals surface area (Å²) in [6, 6.07) is 3.57. The molecule has 1 saturated heterocycles. The summed E-state index contributed by atoms with van der Waals surface area (Å²) in [5, 5.41) is 18.8. The summed E-state index contributed by atoms with van der Waals surface area (Å²) in [5.41, 5.74) is -0.0692. The molecular formula is C12H13F2NO3. The summed E-state index contributed by atoms with van der Waals surface area (Å²) in [4.78, 5) is 13.2. The van der Waals surface area contributed by atoms with Crippen LogP contribution in [0.4, 0.5) is 8.78 Å². The van der Waals surface area contributed by atoms with Crippen molar-refractivity contribution in [2.24, 2.45) is 0 Å². The zero-order valence-electron chi connectivity index (χ0n) is 9.57. The lowest BCUT2D eigenvalue weighted by molar-refractivity contribution is -0.0494. The number of alkyl halides is 2. The monoisotopic (exact) mass is 257 g/mol. The van der Waals surface area contributed by atoms with Gasteiger partial charge in [0.2, 0.25) is 0 Å². The molecule has 0 aromatic heterocycles. The van der Waals surface area contributed by atoms with E-state index in [1.807, 2.05) is 0 Å². The van der Waals surface area contributed by atoms with Gasteiger partial charge in [-0.05, 0) is 18.2 Å². The molecule has 0 saturated carbocycles. The Balaban J connectivity index is 2.15. The number of piperidine rings is 1. The SMILES string of the molecule is O=C(c1cc(O)ccc1O)N1CCC(F)(F)CC1. The van der Waals surface area contributed by atoms with Crippen molar-refractivity contribution in [1.29, 1.82) is 0 Å². The molecule has 98 valence electrons. The number of likely N-dealkylation sites (tertiary alicyclic amines) is 1. The minimum Gasteiger partial charge on any atom is -0.508 e. The predicted octanol–water partition coefficient (Wildman–Crippen LogP) is 1.97. The number of rotatable bonds is 1. The first kappa shape index (κ1) is 12.6. The maximum Gasteiger partial charge on any atom is 0.257 e. The van der Waals surface area contributed by atoms with Crippen LogP contribution in [0.25, 0.3) is 0 Å². The standard InChI is InChI=1S/C12H13F2NO3/c13-12(14)3-5-15(6-4-12)11(18)9-7-8(16)1-2-10(9)17/h1-2,7,16-17H,3-6H2. The second kappa shape index (κ2) is 4.44. The first-order chi connectivity index (χ1) is 8.39. The van der Waals surface area contributed by atoms with Gasteiger partial charge in [-0.1, -0.05) is 0 Å². The third kappa shape index (κ3) is 2.52. The van der Waals surface area contributed by atoms with Crippen LogP contribution in [0, 0.1) is 0 Å². The number of carbonyl (C=O) groups is 1. The number of carbonyl (C=O) groups excluding carboxylic acids is 1. The molecule has 1 aliphatic heterocycles. The van der Waals surface area contributed by atoms with Gasteiger partial charge in [0.05, 0.1) is 5.56 Å². The van der Waals surface area contributed by atoms with E-state index in [0.29, 0.717) is 0 Å². The van der Waals surface area contributed by atoms with Crippen LogP contribution < -0.4 is 0 Å². The largest absolute Gasteiger partial charge is 0.508 e. The van der Waals surface area contributed by atoms with E-state index in [4.69, 9.17) is 0 Å². The first-order valence-corrected chi connectivity index (χ1v) is 5.58. The molecule has 2 N–H and O–H groups in total. The van der Waals surface area contributed by atoms with Gasteiger partial charge in [-0.3, -0.25) is 4.79 Å². The van der Waals surface area contributed by atoms with E-state index in [0.717, 1.165) is 6.07 Å². The number of phenolic OH excluding ortho intramolecular Hbond substituents is 2. The molecule has 0 radical (unpaired) electrons. The van der Waals surface area contributed by atoms with Crippen LogP contribution in [-0.4, -0.2) is 40.0 Å². The molecule has 6 heteroatoms. The van der Waals surface area contributed by atoms with Crippen molar-refractivity contribution in [2.45, 2.75) is 18.8 Å². The van der Waals surface area contributed by atoms with E-state index in [2.05, 4.69) is 0 Å². The highest BCUT2D eigenvalue weighted by Crippen LogP contribution is 2.30. The van der Waals surface area contributed by atoms with Gasteiger partial charge in [0.1, 0.15) is 11.5 Å². The Morgan fingerprint density at radius 2 is 1.83 bits per heavy atom. The van der Waals surface area contributed by atoms with Gasteiger partial charge in [0, 0.05) is 25.9 Å². The van der Waals surface area contributed by atoms with E-state index in [9.17, 15) is 23.8 Å². The molecule has 18 heavy (non-hydrogen) atoms. The molecule has 0 spiro atoms. The normalized spacial score (nSPS) is 18.7. The molecular weight excluding hydrogens is 244 g/mol. The lowest BCUT2D eigenvalue weighted by Crippen LogP contribution is -2.42. The Bertz CT molecular complexity index is 466. The van der Waals surface area contributed by atoms with Gasteiger partial charge in [0.15, 0.2) is 0 Å². The number of hydrogen-bond acceptors (Lipinski definition) is 3. The highest BCUT2D eigenvalue weighted by Gasteiger charge is 2.36. The molecule has 1 aromatic rings. The Kier molecular flexibility index (Phi) is 3.11. The molecule has 1 aromatic carbocycles. The maximum atomic E-state index is 13.0. The summed E-state index contributed by atoms with van der Waals surface area (Å²) in [6.07, 6.45) is -0.753. The second-order valence-corrected chi connectivity index (χ2v) is 4.35. The minimum atomic E-state index is -2.72. The average Bonchev–Trinajstić information content (AvgIpc) is 2.31. The highest BCUT2D eigenvalue weighted by atomic mass is 19.3. The summed E-state index contributed by atoms with van der Waals surface area (Å²) in [5.74, 6) is -3.69. The van der Waals surface area contributed by atoms with Crippen molar-refractivity contribution in [3.8, 4) is 11.5 Å². The van der Waals surface area contributed by atoms with Gasteiger partial charge >= 0.3 is 0 Å². The second-order valence-electron chi connectivity index (χ2n) is 4.35. The minimum absolute atomic E-state index is 0.0546. The first-order valence-electron chi connectivity index (χ1n) is 5.58. The van der Waals surface area contributed by atoms with Crippen LogP contribution in [0.5, 0.6) is 11.5 Å². The lowest BCUT2D eigenvalue weighted by atomic mass is 10.1. The topological polar surface area (TPSA) is 60.8 Å². The number of hydrogen-bond donors (Lipinski definition) is 2. The number of amides is 1. The van der Waals surface area contributed by atoms with Crippen LogP contribution in [0.2, 0.25) is 0 Å². The van der Waals surface area contributed by atoms with E-state index < -0.39 is 11.8 Å². The van der Waals surface area contributed by atoms with Crippen molar-refractivity contribution >= 4 is 5.91 Å². The fourth-order valence-corrected chi connectivity index (χ4v) is 1.90. The number of phenols is 2. The van der Waals surface area contributed by atoms with E-state index >= 15 is 0 Å². The van der Waals surface area contributed by atoms with Crippen LogP contribution in [0.3, 0.4) is 0 Å². The average molecular weight is 257 g/mol. The molecule has 1 fully saturated rings. The van der Waals surface area contributed by atoms with Gasteiger partial charge in [-0.2, -0.15) is 0 Å².